The van der Waals surface area contributed by atoms with Gasteiger partial charge in [0.15, 0.2) is 6.10 Å². The van der Waals surface area contributed by atoms with E-state index in [0.717, 1.165) is 12.1 Å². The van der Waals surface area contributed by atoms with E-state index in [-0.39, 0.29) is 5.56 Å². The molecule has 0 aromatic heterocycles. The first kappa shape index (κ1) is 19.4. The zero-order chi connectivity index (χ0) is 19.1. The average molecular weight is 379 g/mol. The van der Waals surface area contributed by atoms with Crippen LogP contribution in [0.25, 0.3) is 0 Å². The van der Waals surface area contributed by atoms with E-state index in [4.69, 9.17) is 16.3 Å². The molecular weight excluding hydrogens is 363 g/mol. The van der Waals surface area contributed by atoms with Crippen LogP contribution < -0.4 is 10.6 Å². The van der Waals surface area contributed by atoms with Gasteiger partial charge in [0.25, 0.3) is 11.8 Å². The Balaban J connectivity index is 1.79. The molecule has 0 aliphatic heterocycles. The highest BCUT2D eigenvalue weighted by Crippen LogP contribution is 2.13. The molecule has 0 fully saturated rings. The van der Waals surface area contributed by atoms with Crippen molar-refractivity contribution in [2.75, 3.05) is 11.9 Å². The molecule has 26 heavy (non-hydrogen) atoms. The quantitative estimate of drug-likeness (QED) is 0.757. The molecule has 0 heterocycles. The van der Waals surface area contributed by atoms with Crippen molar-refractivity contribution in [1.82, 2.24) is 5.32 Å². The number of esters is 1. The number of amides is 2. The van der Waals surface area contributed by atoms with Gasteiger partial charge in [-0.05, 0) is 55.5 Å². The zero-order valence-electron chi connectivity index (χ0n) is 13.8. The highest BCUT2D eigenvalue weighted by atomic mass is 35.5. The number of benzene rings is 2. The van der Waals surface area contributed by atoms with Gasteiger partial charge >= 0.3 is 5.97 Å². The summed E-state index contributed by atoms with van der Waals surface area (Å²) in [6.45, 7) is 0.986. The number of nitrogens with one attached hydrogen (secondary N) is 2. The van der Waals surface area contributed by atoms with Gasteiger partial charge in [0, 0.05) is 16.3 Å². The highest BCUT2D eigenvalue weighted by Gasteiger charge is 2.18. The second kappa shape index (κ2) is 8.96. The number of rotatable bonds is 6. The van der Waals surface area contributed by atoms with Crippen LogP contribution in [0.1, 0.15) is 17.3 Å². The van der Waals surface area contributed by atoms with E-state index in [2.05, 4.69) is 10.6 Å². The molecule has 1 atom stereocenters. The van der Waals surface area contributed by atoms with E-state index in [1.165, 1.54) is 19.1 Å². The fourth-order valence-corrected chi connectivity index (χ4v) is 2.05. The number of carbonyl (C=O) groups is 3. The van der Waals surface area contributed by atoms with Crippen LogP contribution in [0.3, 0.4) is 0 Å². The minimum atomic E-state index is -1.05. The molecule has 0 radical (unpaired) electrons. The van der Waals surface area contributed by atoms with Crippen molar-refractivity contribution in [2.45, 2.75) is 13.0 Å². The summed E-state index contributed by atoms with van der Waals surface area (Å²) in [4.78, 5) is 35.5. The van der Waals surface area contributed by atoms with Crippen molar-refractivity contribution >= 4 is 35.1 Å². The van der Waals surface area contributed by atoms with Gasteiger partial charge in [-0.15, -0.1) is 0 Å². The van der Waals surface area contributed by atoms with Crippen molar-refractivity contribution in [3.8, 4) is 0 Å². The summed E-state index contributed by atoms with van der Waals surface area (Å²) in [5.74, 6) is -2.33. The van der Waals surface area contributed by atoms with Crippen LogP contribution >= 0.6 is 11.6 Å². The molecule has 0 unspecified atom stereocenters. The van der Waals surface area contributed by atoms with Crippen molar-refractivity contribution in [3.63, 3.8) is 0 Å². The monoisotopic (exact) mass is 378 g/mol. The maximum Gasteiger partial charge on any atom is 0.326 e. The minimum Gasteiger partial charge on any atom is -0.451 e. The van der Waals surface area contributed by atoms with E-state index >= 15 is 0 Å². The second-order valence-corrected chi connectivity index (χ2v) is 5.75. The van der Waals surface area contributed by atoms with Crippen LogP contribution in [-0.4, -0.2) is 30.4 Å². The molecule has 6 nitrogen and oxygen atoms in total. The number of carbonyl (C=O) groups excluding carboxylic acids is 3. The second-order valence-electron chi connectivity index (χ2n) is 5.32. The van der Waals surface area contributed by atoms with Gasteiger partial charge in [-0.25, -0.2) is 4.39 Å². The fourth-order valence-electron chi connectivity index (χ4n) is 1.93. The third-order valence-electron chi connectivity index (χ3n) is 3.29. The molecule has 0 saturated heterocycles. The average Bonchev–Trinajstić information content (AvgIpc) is 2.62. The summed E-state index contributed by atoms with van der Waals surface area (Å²) in [6.07, 6.45) is -1.05. The Bertz CT molecular complexity index is 794. The lowest BCUT2D eigenvalue weighted by atomic mass is 10.2. The lowest BCUT2D eigenvalue weighted by Crippen LogP contribution is -2.35. The molecule has 2 aromatic rings. The molecule has 0 saturated carbocycles. The van der Waals surface area contributed by atoms with Crippen molar-refractivity contribution < 1.29 is 23.5 Å². The van der Waals surface area contributed by atoms with E-state index in [1.54, 1.807) is 24.3 Å². The van der Waals surface area contributed by atoms with E-state index in [9.17, 15) is 18.8 Å². The molecule has 0 bridgehead atoms. The topological polar surface area (TPSA) is 84.5 Å². The van der Waals surface area contributed by atoms with E-state index in [1.807, 2.05) is 0 Å². The molecule has 2 rings (SSSR count). The van der Waals surface area contributed by atoms with Gasteiger partial charge in [0.1, 0.15) is 12.4 Å². The molecule has 8 heteroatoms. The molecule has 136 valence electrons. The summed E-state index contributed by atoms with van der Waals surface area (Å²) in [6, 6.07) is 11.3. The highest BCUT2D eigenvalue weighted by molar-refractivity contribution is 6.30. The predicted molar refractivity (Wildman–Crippen MR) is 94.4 cm³/mol. The Hall–Kier alpha value is -2.93. The number of halogens is 2. The van der Waals surface area contributed by atoms with Gasteiger partial charge in [-0.2, -0.15) is 0 Å². The normalized spacial score (nSPS) is 11.3. The van der Waals surface area contributed by atoms with Crippen LogP contribution in [0.15, 0.2) is 48.5 Å². The van der Waals surface area contributed by atoms with Crippen LogP contribution in [0.2, 0.25) is 5.02 Å². The maximum atomic E-state index is 12.8. The molecule has 0 aliphatic carbocycles. The lowest BCUT2D eigenvalue weighted by Gasteiger charge is -2.14. The van der Waals surface area contributed by atoms with Crippen molar-refractivity contribution in [1.29, 1.82) is 0 Å². The van der Waals surface area contributed by atoms with Crippen molar-refractivity contribution in [3.05, 3.63) is 64.9 Å². The molecule has 0 aliphatic rings. The molecule has 0 spiro atoms. The summed E-state index contributed by atoms with van der Waals surface area (Å²) in [5, 5.41) is 5.44. The summed E-state index contributed by atoms with van der Waals surface area (Å²) in [7, 11) is 0. The molecule has 2 N–H and O–H groups in total. The fraction of sp³-hybridized carbons (Fsp3) is 0.167. The molecule has 2 aromatic carbocycles. The SMILES string of the molecule is C[C@H](OC(=O)CNC(=O)c1ccc(F)cc1)C(=O)Nc1ccc(Cl)cc1. The van der Waals surface area contributed by atoms with Gasteiger partial charge in [0.2, 0.25) is 0 Å². The lowest BCUT2D eigenvalue weighted by molar-refractivity contribution is -0.152. The standard InChI is InChI=1S/C18H16ClFN2O4/c1-11(17(24)22-15-8-4-13(19)5-9-15)26-16(23)10-21-18(25)12-2-6-14(20)7-3-12/h2-9,11H,10H2,1H3,(H,21,25)(H,22,24)/t11-/m0/s1. The number of ether oxygens (including phenoxy) is 1. The Morgan fingerprint density at radius 2 is 1.69 bits per heavy atom. The summed E-state index contributed by atoms with van der Waals surface area (Å²) < 4.78 is 17.8. The van der Waals surface area contributed by atoms with Crippen LogP contribution in [0.4, 0.5) is 10.1 Å². The van der Waals surface area contributed by atoms with Gasteiger partial charge in [-0.1, -0.05) is 11.6 Å². The molecule has 2 amide bonds. The minimum absolute atomic E-state index is 0.202. The Morgan fingerprint density at radius 3 is 2.31 bits per heavy atom. The maximum absolute atomic E-state index is 12.8. The Morgan fingerprint density at radius 1 is 1.08 bits per heavy atom. The van der Waals surface area contributed by atoms with Gasteiger partial charge in [0.05, 0.1) is 0 Å². The first-order valence-electron chi connectivity index (χ1n) is 7.65. The van der Waals surface area contributed by atoms with Gasteiger partial charge in [-0.3, -0.25) is 14.4 Å². The third kappa shape index (κ3) is 5.86. The Kier molecular flexibility index (Phi) is 6.68. The molecular formula is C18H16ClFN2O4. The summed E-state index contributed by atoms with van der Waals surface area (Å²) in [5.41, 5.74) is 0.708. The van der Waals surface area contributed by atoms with Gasteiger partial charge < -0.3 is 15.4 Å². The van der Waals surface area contributed by atoms with E-state index < -0.39 is 36.2 Å². The third-order valence-corrected chi connectivity index (χ3v) is 3.54. The van der Waals surface area contributed by atoms with Crippen LogP contribution in [-0.2, 0) is 14.3 Å². The smallest absolute Gasteiger partial charge is 0.326 e. The predicted octanol–water partition coefficient (Wildman–Crippen LogP) is 2.78. The zero-order valence-corrected chi connectivity index (χ0v) is 14.5. The number of hydrogen-bond donors (Lipinski definition) is 2. The number of anilines is 1. The first-order valence-corrected chi connectivity index (χ1v) is 8.02. The largest absolute Gasteiger partial charge is 0.451 e. The van der Waals surface area contributed by atoms with E-state index in [0.29, 0.717) is 10.7 Å². The number of hydrogen-bond acceptors (Lipinski definition) is 4. The first-order chi connectivity index (χ1) is 12.3. The van der Waals surface area contributed by atoms with Crippen LogP contribution in [0.5, 0.6) is 0 Å². The van der Waals surface area contributed by atoms with Crippen molar-refractivity contribution in [2.24, 2.45) is 0 Å². The Labute approximate surface area is 154 Å². The van der Waals surface area contributed by atoms with Crippen LogP contribution in [0, 0.1) is 5.82 Å². The summed E-state index contributed by atoms with van der Waals surface area (Å²) >= 11 is 5.76.